The van der Waals surface area contributed by atoms with Crippen LogP contribution in [0.4, 0.5) is 0 Å². The minimum atomic E-state index is 0.300. The monoisotopic (exact) mass is 438 g/mol. The Kier molecular flexibility index (Phi) is 5.11. The van der Waals surface area contributed by atoms with E-state index in [1.54, 1.807) is 5.56 Å². The van der Waals surface area contributed by atoms with E-state index in [1.807, 2.05) is 0 Å². The van der Waals surface area contributed by atoms with Crippen molar-refractivity contribution in [2.75, 3.05) is 19.9 Å². The van der Waals surface area contributed by atoms with Gasteiger partial charge in [0.25, 0.3) is 0 Å². The Morgan fingerprint density at radius 2 is 1.58 bits per heavy atom. The first-order chi connectivity index (χ1) is 16.2. The maximum Gasteiger partial charge on any atom is 0.231 e. The van der Waals surface area contributed by atoms with Crippen molar-refractivity contribution in [3.63, 3.8) is 0 Å². The normalized spacial score (nSPS) is 16.5. The van der Waals surface area contributed by atoms with Crippen LogP contribution in [0.15, 0.2) is 60.7 Å². The van der Waals surface area contributed by atoms with Gasteiger partial charge in [-0.05, 0) is 79.6 Å². The third-order valence-corrected chi connectivity index (χ3v) is 7.38. The molecule has 6 rings (SSSR count). The van der Waals surface area contributed by atoms with Gasteiger partial charge in [0.15, 0.2) is 11.5 Å². The van der Waals surface area contributed by atoms with Crippen LogP contribution in [0.2, 0.25) is 0 Å². The van der Waals surface area contributed by atoms with Gasteiger partial charge < -0.3 is 14.5 Å². The molecule has 2 aliphatic rings. The fraction of sp³-hybridized carbons (Fsp3) is 0.310. The summed E-state index contributed by atoms with van der Waals surface area (Å²) in [6, 6.07) is 21.6. The topological polar surface area (TPSA) is 37.5 Å². The molecule has 0 bridgehead atoms. The second-order valence-corrected chi connectivity index (χ2v) is 9.45. The minimum Gasteiger partial charge on any atom is -0.454 e. The van der Waals surface area contributed by atoms with E-state index in [0.29, 0.717) is 12.7 Å². The summed E-state index contributed by atoms with van der Waals surface area (Å²) in [7, 11) is 0. The molecule has 4 heteroatoms. The minimum absolute atomic E-state index is 0.300. The van der Waals surface area contributed by atoms with E-state index in [0.717, 1.165) is 36.6 Å². The van der Waals surface area contributed by atoms with Crippen molar-refractivity contribution in [3.8, 4) is 22.8 Å². The predicted molar refractivity (Wildman–Crippen MR) is 133 cm³/mol. The Bertz CT molecular complexity index is 1280. The number of benzene rings is 3. The SMILES string of the molecule is Cc1cccc(C)c1C1CCN(Cc2c(-c3ccccc3)[nH]c3cc4c(cc23)OCO4)CC1. The highest BCUT2D eigenvalue weighted by Gasteiger charge is 2.26. The maximum atomic E-state index is 5.70. The van der Waals surface area contributed by atoms with Crippen LogP contribution in [0, 0.1) is 13.8 Å². The number of ether oxygens (including phenoxy) is 2. The lowest BCUT2D eigenvalue weighted by molar-refractivity contribution is 0.174. The third-order valence-electron chi connectivity index (χ3n) is 7.38. The lowest BCUT2D eigenvalue weighted by Crippen LogP contribution is -2.33. The number of likely N-dealkylation sites (tertiary alicyclic amines) is 1. The number of aryl methyl sites for hydroxylation is 2. The average molecular weight is 439 g/mol. The van der Waals surface area contributed by atoms with Crippen molar-refractivity contribution in [2.45, 2.75) is 39.2 Å². The molecular weight excluding hydrogens is 408 g/mol. The number of hydrogen-bond donors (Lipinski definition) is 1. The smallest absolute Gasteiger partial charge is 0.231 e. The molecule has 1 fully saturated rings. The lowest BCUT2D eigenvalue weighted by Gasteiger charge is -2.33. The molecule has 0 spiro atoms. The van der Waals surface area contributed by atoms with E-state index in [2.05, 4.69) is 84.4 Å². The lowest BCUT2D eigenvalue weighted by atomic mass is 9.84. The average Bonchev–Trinajstić information content (AvgIpc) is 3.43. The van der Waals surface area contributed by atoms with Gasteiger partial charge in [-0.15, -0.1) is 0 Å². The van der Waals surface area contributed by atoms with Crippen molar-refractivity contribution < 1.29 is 9.47 Å². The number of aromatic nitrogens is 1. The number of fused-ring (bicyclic) bond motifs is 2. The summed E-state index contributed by atoms with van der Waals surface area (Å²) in [4.78, 5) is 6.30. The summed E-state index contributed by atoms with van der Waals surface area (Å²) in [6.45, 7) is 7.99. The molecule has 0 atom stereocenters. The molecule has 0 saturated carbocycles. The third kappa shape index (κ3) is 3.68. The largest absolute Gasteiger partial charge is 0.454 e. The van der Waals surface area contributed by atoms with Gasteiger partial charge in [-0.25, -0.2) is 0 Å². The molecule has 168 valence electrons. The van der Waals surface area contributed by atoms with Gasteiger partial charge in [-0.2, -0.15) is 0 Å². The number of hydrogen-bond acceptors (Lipinski definition) is 3. The quantitative estimate of drug-likeness (QED) is 0.392. The van der Waals surface area contributed by atoms with Gasteiger partial charge in [-0.3, -0.25) is 4.90 Å². The van der Waals surface area contributed by atoms with Crippen LogP contribution in [0.5, 0.6) is 11.5 Å². The van der Waals surface area contributed by atoms with Crippen molar-refractivity contribution in [2.24, 2.45) is 0 Å². The summed E-state index contributed by atoms with van der Waals surface area (Å²) < 4.78 is 11.3. The molecule has 0 amide bonds. The van der Waals surface area contributed by atoms with Gasteiger partial charge in [0.1, 0.15) is 0 Å². The Morgan fingerprint density at radius 1 is 0.879 bits per heavy atom. The van der Waals surface area contributed by atoms with Gasteiger partial charge >= 0.3 is 0 Å². The maximum absolute atomic E-state index is 5.70. The number of aromatic amines is 1. The first kappa shape index (κ1) is 20.4. The fourth-order valence-electron chi connectivity index (χ4n) is 5.73. The zero-order chi connectivity index (χ0) is 22.4. The highest BCUT2D eigenvalue weighted by Crippen LogP contribution is 2.41. The number of H-pyrrole nitrogens is 1. The van der Waals surface area contributed by atoms with E-state index >= 15 is 0 Å². The fourth-order valence-corrected chi connectivity index (χ4v) is 5.73. The van der Waals surface area contributed by atoms with Crippen LogP contribution < -0.4 is 9.47 Å². The number of rotatable bonds is 4. The van der Waals surface area contributed by atoms with E-state index in [1.165, 1.54) is 46.2 Å². The van der Waals surface area contributed by atoms with E-state index in [9.17, 15) is 0 Å². The number of piperidine rings is 1. The molecular formula is C29H30N2O2. The molecule has 4 aromatic rings. The van der Waals surface area contributed by atoms with Crippen LogP contribution in [-0.2, 0) is 6.54 Å². The molecule has 1 aromatic heterocycles. The molecule has 0 aliphatic carbocycles. The zero-order valence-corrected chi connectivity index (χ0v) is 19.4. The molecule has 1 saturated heterocycles. The summed E-state index contributed by atoms with van der Waals surface area (Å²) >= 11 is 0. The summed E-state index contributed by atoms with van der Waals surface area (Å²) in [6.07, 6.45) is 2.42. The van der Waals surface area contributed by atoms with Crippen molar-refractivity contribution in [3.05, 3.63) is 82.9 Å². The molecule has 3 heterocycles. The highest BCUT2D eigenvalue weighted by molar-refractivity contribution is 5.93. The van der Waals surface area contributed by atoms with Crippen LogP contribution in [-0.4, -0.2) is 29.8 Å². The Hall–Kier alpha value is -3.24. The Balaban J connectivity index is 1.30. The standard InChI is InChI=1S/C29H30N2O2/c1-19-7-6-8-20(2)28(19)21-11-13-31(14-12-21)17-24-23-15-26-27(33-18-32-26)16-25(23)30-29(24)22-9-4-3-5-10-22/h3-10,15-16,21,30H,11-14,17-18H2,1-2H3. The van der Waals surface area contributed by atoms with Gasteiger partial charge in [0.05, 0.1) is 11.2 Å². The summed E-state index contributed by atoms with van der Waals surface area (Å²) in [5.41, 5.74) is 9.32. The summed E-state index contributed by atoms with van der Waals surface area (Å²) in [5, 5.41) is 1.23. The zero-order valence-electron chi connectivity index (χ0n) is 19.4. The van der Waals surface area contributed by atoms with Crippen LogP contribution >= 0.6 is 0 Å². The van der Waals surface area contributed by atoms with Crippen LogP contribution in [0.1, 0.15) is 41.0 Å². The van der Waals surface area contributed by atoms with E-state index < -0.39 is 0 Å². The van der Waals surface area contributed by atoms with Gasteiger partial charge in [-0.1, -0.05) is 48.5 Å². The van der Waals surface area contributed by atoms with Crippen molar-refractivity contribution in [1.82, 2.24) is 9.88 Å². The second-order valence-electron chi connectivity index (χ2n) is 9.45. The molecule has 0 unspecified atom stereocenters. The Morgan fingerprint density at radius 3 is 2.30 bits per heavy atom. The molecule has 1 N–H and O–H groups in total. The van der Waals surface area contributed by atoms with Crippen LogP contribution in [0.25, 0.3) is 22.2 Å². The second kappa shape index (κ2) is 8.27. The summed E-state index contributed by atoms with van der Waals surface area (Å²) in [5.74, 6) is 2.33. The first-order valence-corrected chi connectivity index (χ1v) is 12.0. The predicted octanol–water partition coefficient (Wildman–Crippen LogP) is 6.56. The first-order valence-electron chi connectivity index (χ1n) is 12.0. The molecule has 33 heavy (non-hydrogen) atoms. The Labute approximate surface area is 195 Å². The van der Waals surface area contributed by atoms with Crippen LogP contribution in [0.3, 0.4) is 0 Å². The highest BCUT2D eigenvalue weighted by atomic mass is 16.7. The van der Waals surface area contributed by atoms with Gasteiger partial charge in [0, 0.05) is 18.0 Å². The number of nitrogens with one attached hydrogen (secondary N) is 1. The molecule has 3 aromatic carbocycles. The number of nitrogens with zero attached hydrogens (tertiary/aromatic N) is 1. The van der Waals surface area contributed by atoms with E-state index in [-0.39, 0.29) is 0 Å². The molecule has 4 nitrogen and oxygen atoms in total. The molecule has 0 radical (unpaired) electrons. The van der Waals surface area contributed by atoms with Crippen molar-refractivity contribution in [1.29, 1.82) is 0 Å². The van der Waals surface area contributed by atoms with Crippen molar-refractivity contribution >= 4 is 10.9 Å². The van der Waals surface area contributed by atoms with Gasteiger partial charge in [0.2, 0.25) is 6.79 Å². The van der Waals surface area contributed by atoms with E-state index in [4.69, 9.17) is 9.47 Å². The molecule has 2 aliphatic heterocycles.